The molecular formula is C12H16O2S. The number of para-hydroxylation sites is 1. The van der Waals surface area contributed by atoms with Crippen LogP contribution in [0.3, 0.4) is 0 Å². The number of benzene rings is 1. The molecule has 0 saturated heterocycles. The quantitative estimate of drug-likeness (QED) is 0.778. The summed E-state index contributed by atoms with van der Waals surface area (Å²) in [5, 5.41) is 8.68. The van der Waals surface area contributed by atoms with Gasteiger partial charge in [-0.05, 0) is 18.2 Å². The second-order valence-corrected chi connectivity index (χ2v) is 4.85. The van der Waals surface area contributed by atoms with Gasteiger partial charge in [-0.1, -0.05) is 18.2 Å². The fourth-order valence-corrected chi connectivity index (χ4v) is 2.82. The minimum Gasteiger partial charge on any atom is -0.493 e. The number of rotatable bonds is 5. The van der Waals surface area contributed by atoms with Crippen LogP contribution in [0.15, 0.2) is 24.3 Å². The molecule has 1 aliphatic rings. The van der Waals surface area contributed by atoms with Gasteiger partial charge in [0.25, 0.3) is 0 Å². The molecule has 0 saturated carbocycles. The van der Waals surface area contributed by atoms with Crippen LogP contribution in [0.1, 0.15) is 17.9 Å². The zero-order valence-corrected chi connectivity index (χ0v) is 9.50. The molecular weight excluding hydrogens is 208 g/mol. The highest BCUT2D eigenvalue weighted by Crippen LogP contribution is 2.35. The zero-order chi connectivity index (χ0) is 10.5. The lowest BCUT2D eigenvalue weighted by Crippen LogP contribution is -2.04. The molecule has 3 heteroatoms. The van der Waals surface area contributed by atoms with Crippen molar-refractivity contribution >= 4 is 11.8 Å². The van der Waals surface area contributed by atoms with Gasteiger partial charge in [0.1, 0.15) is 5.75 Å². The minimum atomic E-state index is 0.296. The molecule has 1 N–H and O–H groups in total. The first-order valence-corrected chi connectivity index (χ1v) is 6.47. The summed E-state index contributed by atoms with van der Waals surface area (Å²) in [6.45, 7) is 1.11. The molecule has 1 aromatic carbocycles. The van der Waals surface area contributed by atoms with Crippen LogP contribution in [0.2, 0.25) is 0 Å². The normalized spacial score (nSPS) is 18.6. The molecule has 0 aromatic heterocycles. The van der Waals surface area contributed by atoms with E-state index in [0.29, 0.717) is 12.5 Å². The average molecular weight is 224 g/mol. The Kier molecular flexibility index (Phi) is 3.92. The monoisotopic (exact) mass is 224 g/mol. The number of thioether (sulfide) groups is 1. The molecule has 0 bridgehead atoms. The molecule has 0 fully saturated rings. The molecule has 2 rings (SSSR count). The highest BCUT2D eigenvalue weighted by Gasteiger charge is 2.22. The van der Waals surface area contributed by atoms with Gasteiger partial charge < -0.3 is 9.84 Å². The van der Waals surface area contributed by atoms with Crippen LogP contribution in [0, 0.1) is 0 Å². The van der Waals surface area contributed by atoms with E-state index in [1.54, 1.807) is 0 Å². The number of hydrogen-bond acceptors (Lipinski definition) is 3. The van der Waals surface area contributed by atoms with Crippen molar-refractivity contribution in [1.82, 2.24) is 0 Å². The minimum absolute atomic E-state index is 0.296. The van der Waals surface area contributed by atoms with Crippen LogP contribution in [0.5, 0.6) is 5.75 Å². The first kappa shape index (κ1) is 10.8. The Labute approximate surface area is 94.6 Å². The summed E-state index contributed by atoms with van der Waals surface area (Å²) in [5.41, 5.74) is 1.34. The number of ether oxygens (including phenoxy) is 1. The Morgan fingerprint density at radius 3 is 3.13 bits per heavy atom. The fourth-order valence-electron chi connectivity index (χ4n) is 1.76. The van der Waals surface area contributed by atoms with E-state index in [0.717, 1.165) is 30.3 Å². The molecule has 2 nitrogen and oxygen atoms in total. The standard InChI is InChI=1S/C12H16O2S/c13-6-3-7-15-9-10-8-14-12-5-2-1-4-11(10)12/h1-2,4-5,10,13H,3,6-9H2. The molecule has 82 valence electrons. The Morgan fingerprint density at radius 2 is 2.27 bits per heavy atom. The highest BCUT2D eigenvalue weighted by molar-refractivity contribution is 7.99. The number of aliphatic hydroxyl groups is 1. The van der Waals surface area contributed by atoms with Gasteiger partial charge in [-0.15, -0.1) is 0 Å². The lowest BCUT2D eigenvalue weighted by atomic mass is 10.0. The van der Waals surface area contributed by atoms with Crippen molar-refractivity contribution in [3.8, 4) is 5.75 Å². The molecule has 1 atom stereocenters. The maximum Gasteiger partial charge on any atom is 0.122 e. The predicted octanol–water partition coefficient (Wildman–Crippen LogP) is 2.28. The SMILES string of the molecule is OCCCSCC1COc2ccccc21. The molecule has 15 heavy (non-hydrogen) atoms. The second kappa shape index (κ2) is 5.42. The average Bonchev–Trinajstić information content (AvgIpc) is 2.68. The van der Waals surface area contributed by atoms with E-state index >= 15 is 0 Å². The third kappa shape index (κ3) is 2.67. The third-order valence-corrected chi connectivity index (χ3v) is 3.78. The van der Waals surface area contributed by atoms with Gasteiger partial charge in [0.15, 0.2) is 0 Å². The van der Waals surface area contributed by atoms with Gasteiger partial charge in [-0.3, -0.25) is 0 Å². The molecule has 1 unspecified atom stereocenters. The van der Waals surface area contributed by atoms with E-state index in [4.69, 9.17) is 9.84 Å². The lowest BCUT2D eigenvalue weighted by Gasteiger charge is -2.07. The van der Waals surface area contributed by atoms with E-state index in [1.165, 1.54) is 5.56 Å². The summed E-state index contributed by atoms with van der Waals surface area (Å²) in [4.78, 5) is 0. The summed E-state index contributed by atoms with van der Waals surface area (Å²) in [6.07, 6.45) is 0.889. The fraction of sp³-hybridized carbons (Fsp3) is 0.500. The summed E-state index contributed by atoms with van der Waals surface area (Å²) in [5.74, 6) is 3.71. The van der Waals surface area contributed by atoms with Crippen LogP contribution in [-0.2, 0) is 0 Å². The molecule has 0 radical (unpaired) electrons. The van der Waals surface area contributed by atoms with Crippen molar-refractivity contribution in [2.45, 2.75) is 12.3 Å². The largest absolute Gasteiger partial charge is 0.493 e. The van der Waals surface area contributed by atoms with Crippen LogP contribution in [-0.4, -0.2) is 29.8 Å². The van der Waals surface area contributed by atoms with Gasteiger partial charge in [0.2, 0.25) is 0 Å². The molecule has 1 heterocycles. The summed E-state index contributed by atoms with van der Waals surface area (Å²) < 4.78 is 5.61. The topological polar surface area (TPSA) is 29.5 Å². The van der Waals surface area contributed by atoms with Crippen molar-refractivity contribution in [3.63, 3.8) is 0 Å². The Balaban J connectivity index is 1.85. The second-order valence-electron chi connectivity index (χ2n) is 3.70. The van der Waals surface area contributed by atoms with Gasteiger partial charge in [0, 0.05) is 23.8 Å². The van der Waals surface area contributed by atoms with E-state index in [-0.39, 0.29) is 0 Å². The first-order chi connectivity index (χ1) is 7.42. The van der Waals surface area contributed by atoms with E-state index in [2.05, 4.69) is 12.1 Å². The first-order valence-electron chi connectivity index (χ1n) is 5.32. The summed E-state index contributed by atoms with van der Waals surface area (Å²) in [6, 6.07) is 8.27. The summed E-state index contributed by atoms with van der Waals surface area (Å²) >= 11 is 1.90. The molecule has 0 aliphatic carbocycles. The number of aliphatic hydroxyl groups excluding tert-OH is 1. The number of hydrogen-bond donors (Lipinski definition) is 1. The Bertz CT molecular complexity index is 314. The molecule has 0 spiro atoms. The van der Waals surface area contributed by atoms with Gasteiger partial charge in [0.05, 0.1) is 6.61 Å². The van der Waals surface area contributed by atoms with E-state index in [9.17, 15) is 0 Å². The third-order valence-electron chi connectivity index (χ3n) is 2.56. The predicted molar refractivity (Wildman–Crippen MR) is 63.7 cm³/mol. The highest BCUT2D eigenvalue weighted by atomic mass is 32.2. The summed E-state index contributed by atoms with van der Waals surface area (Å²) in [7, 11) is 0. The maximum absolute atomic E-state index is 8.68. The molecule has 1 aromatic rings. The van der Waals surface area contributed by atoms with Crippen molar-refractivity contribution in [1.29, 1.82) is 0 Å². The van der Waals surface area contributed by atoms with Crippen LogP contribution < -0.4 is 4.74 Å². The number of fused-ring (bicyclic) bond motifs is 1. The Hall–Kier alpha value is -0.670. The molecule has 1 aliphatic heterocycles. The maximum atomic E-state index is 8.68. The smallest absolute Gasteiger partial charge is 0.122 e. The van der Waals surface area contributed by atoms with Crippen LogP contribution >= 0.6 is 11.8 Å². The van der Waals surface area contributed by atoms with Crippen molar-refractivity contribution < 1.29 is 9.84 Å². The van der Waals surface area contributed by atoms with Crippen LogP contribution in [0.25, 0.3) is 0 Å². The van der Waals surface area contributed by atoms with Crippen LogP contribution in [0.4, 0.5) is 0 Å². The van der Waals surface area contributed by atoms with Gasteiger partial charge >= 0.3 is 0 Å². The van der Waals surface area contributed by atoms with E-state index < -0.39 is 0 Å². The van der Waals surface area contributed by atoms with Crippen molar-refractivity contribution in [2.75, 3.05) is 24.7 Å². The van der Waals surface area contributed by atoms with E-state index in [1.807, 2.05) is 23.9 Å². The Morgan fingerprint density at radius 1 is 1.40 bits per heavy atom. The van der Waals surface area contributed by atoms with Gasteiger partial charge in [-0.25, -0.2) is 0 Å². The lowest BCUT2D eigenvalue weighted by molar-refractivity contribution is 0.296. The van der Waals surface area contributed by atoms with Crippen molar-refractivity contribution in [3.05, 3.63) is 29.8 Å². The zero-order valence-electron chi connectivity index (χ0n) is 8.69. The van der Waals surface area contributed by atoms with Gasteiger partial charge in [-0.2, -0.15) is 11.8 Å². The van der Waals surface area contributed by atoms with Crippen molar-refractivity contribution in [2.24, 2.45) is 0 Å². The molecule has 0 amide bonds.